The van der Waals surface area contributed by atoms with Crippen LogP contribution < -0.4 is 15.0 Å². The summed E-state index contributed by atoms with van der Waals surface area (Å²) in [5.41, 5.74) is 3.04. The highest BCUT2D eigenvalue weighted by atomic mass is 16.8. The number of benzene rings is 1. The smallest absolute Gasteiger partial charge is 0.336 e. The van der Waals surface area contributed by atoms with Crippen LogP contribution in [0.4, 0.5) is 0 Å². The molecule has 31 heavy (non-hydrogen) atoms. The molecule has 10 nitrogen and oxygen atoms in total. The van der Waals surface area contributed by atoms with Gasteiger partial charge in [-0.3, -0.25) is 4.63 Å². The third kappa shape index (κ3) is 4.23. The predicted molar refractivity (Wildman–Crippen MR) is 106 cm³/mol. The average Bonchev–Trinajstić information content (AvgIpc) is 3.08. The van der Waals surface area contributed by atoms with E-state index in [4.69, 9.17) is 14.2 Å². The number of rotatable bonds is 6. The zero-order chi connectivity index (χ0) is 22.7. The molecule has 1 N–H and O–H groups in total. The van der Waals surface area contributed by atoms with Gasteiger partial charge in [-0.25, -0.2) is 9.59 Å². The summed E-state index contributed by atoms with van der Waals surface area (Å²) in [5.74, 6) is -1.39. The van der Waals surface area contributed by atoms with Crippen molar-refractivity contribution >= 4 is 11.9 Å². The van der Waals surface area contributed by atoms with E-state index in [0.29, 0.717) is 50.1 Å². The molecular formula is C21H23N3O7. The lowest BCUT2D eigenvalue weighted by Crippen LogP contribution is -2.32. The van der Waals surface area contributed by atoms with Crippen LogP contribution in [0.25, 0.3) is 0 Å². The highest BCUT2D eigenvalue weighted by molar-refractivity contribution is 5.99. The van der Waals surface area contributed by atoms with E-state index in [9.17, 15) is 14.8 Å². The minimum Gasteiger partial charge on any atom is -0.485 e. The molecule has 0 spiro atoms. The van der Waals surface area contributed by atoms with Crippen LogP contribution in [-0.2, 0) is 25.7 Å². The van der Waals surface area contributed by atoms with E-state index in [0.717, 1.165) is 0 Å². The first-order chi connectivity index (χ1) is 14.8. The van der Waals surface area contributed by atoms with Crippen molar-refractivity contribution in [3.8, 4) is 5.75 Å². The molecule has 0 atom stereocenters. The Hall–Kier alpha value is -3.82. The van der Waals surface area contributed by atoms with E-state index in [2.05, 4.69) is 15.1 Å². The minimum atomic E-state index is -0.720. The Kier molecular flexibility index (Phi) is 6.28. The lowest BCUT2D eigenvalue weighted by molar-refractivity contribution is -0.806. The van der Waals surface area contributed by atoms with Crippen LogP contribution in [0, 0.1) is 12.1 Å². The van der Waals surface area contributed by atoms with Crippen LogP contribution in [0.5, 0.6) is 5.75 Å². The average molecular weight is 429 g/mol. The third-order valence-corrected chi connectivity index (χ3v) is 5.05. The molecule has 0 amide bonds. The first-order valence-electron chi connectivity index (χ1n) is 9.41. The first kappa shape index (κ1) is 21.9. The molecule has 1 aromatic heterocycles. The van der Waals surface area contributed by atoms with Gasteiger partial charge in [0, 0.05) is 23.5 Å². The molecule has 1 aromatic carbocycles. The first-order valence-corrected chi connectivity index (χ1v) is 9.41. The molecule has 0 saturated heterocycles. The third-order valence-electron chi connectivity index (χ3n) is 5.05. The number of carbonyl (C=O) groups is 2. The maximum absolute atomic E-state index is 12.6. The van der Waals surface area contributed by atoms with Crippen LogP contribution in [0.15, 0.2) is 51.4 Å². The normalized spacial score (nSPS) is 14.4. The summed E-state index contributed by atoms with van der Waals surface area (Å²) in [4.78, 5) is 25.5. The van der Waals surface area contributed by atoms with Crippen LogP contribution in [0.2, 0.25) is 0 Å². The second-order valence-electron chi connectivity index (χ2n) is 6.94. The molecule has 0 aliphatic carbocycles. The van der Waals surface area contributed by atoms with Crippen molar-refractivity contribution in [1.29, 1.82) is 0 Å². The summed E-state index contributed by atoms with van der Waals surface area (Å²) in [7, 11) is 2.56. The number of hydrogen-bond donors (Lipinski definition) is 1. The van der Waals surface area contributed by atoms with E-state index < -0.39 is 17.9 Å². The van der Waals surface area contributed by atoms with E-state index in [1.54, 1.807) is 45.0 Å². The molecular weight excluding hydrogens is 406 g/mol. The van der Waals surface area contributed by atoms with Gasteiger partial charge in [-0.2, -0.15) is 0 Å². The maximum atomic E-state index is 12.6. The fourth-order valence-corrected chi connectivity index (χ4v) is 3.47. The van der Waals surface area contributed by atoms with Crippen molar-refractivity contribution in [2.75, 3.05) is 14.2 Å². The molecule has 0 radical (unpaired) electrons. The van der Waals surface area contributed by atoms with Gasteiger partial charge in [0.15, 0.2) is 12.3 Å². The van der Waals surface area contributed by atoms with Gasteiger partial charge in [0.1, 0.15) is 5.75 Å². The molecule has 2 heterocycles. The SMILES string of the molecule is COC(=O)C1=C(C)NC(C)=C(C(=O)OC)C1c1cccc(OCc2no[n+]([O-])c2C)c1. The molecule has 2 aromatic rings. The summed E-state index contributed by atoms with van der Waals surface area (Å²) >= 11 is 0. The van der Waals surface area contributed by atoms with Crippen LogP contribution >= 0.6 is 0 Å². The molecule has 1 aliphatic heterocycles. The maximum Gasteiger partial charge on any atom is 0.336 e. The number of methoxy groups -OCH3 is 2. The number of allylic oxidation sites excluding steroid dienone is 2. The Morgan fingerprint density at radius 2 is 1.74 bits per heavy atom. The fraction of sp³-hybridized carbons (Fsp3) is 0.333. The number of ether oxygens (including phenoxy) is 3. The Labute approximate surface area is 178 Å². The number of nitrogens with zero attached hydrogens (tertiary/aromatic N) is 2. The van der Waals surface area contributed by atoms with Gasteiger partial charge < -0.3 is 24.7 Å². The molecule has 0 unspecified atom stereocenters. The quantitative estimate of drug-likeness (QED) is 0.540. The fourth-order valence-electron chi connectivity index (χ4n) is 3.47. The van der Waals surface area contributed by atoms with E-state index in [-0.39, 0.29) is 6.61 Å². The Morgan fingerprint density at radius 3 is 2.26 bits per heavy atom. The van der Waals surface area contributed by atoms with Crippen molar-refractivity contribution in [3.05, 3.63) is 69.0 Å². The van der Waals surface area contributed by atoms with Gasteiger partial charge in [-0.15, -0.1) is 0 Å². The molecule has 3 rings (SSSR count). The van der Waals surface area contributed by atoms with Gasteiger partial charge in [0.05, 0.1) is 31.3 Å². The molecule has 0 bridgehead atoms. The molecule has 0 saturated carbocycles. The van der Waals surface area contributed by atoms with Gasteiger partial charge in [0.2, 0.25) is 0 Å². The van der Waals surface area contributed by atoms with E-state index in [1.165, 1.54) is 14.2 Å². The number of aromatic nitrogens is 2. The topological polar surface area (TPSA) is 127 Å². The highest BCUT2D eigenvalue weighted by Crippen LogP contribution is 2.40. The zero-order valence-electron chi connectivity index (χ0n) is 17.8. The number of nitrogens with one attached hydrogen (secondary N) is 1. The van der Waals surface area contributed by atoms with Gasteiger partial charge >= 0.3 is 11.9 Å². The number of hydrogen-bond acceptors (Lipinski definition) is 9. The monoisotopic (exact) mass is 429 g/mol. The number of dihydropyridines is 1. The summed E-state index contributed by atoms with van der Waals surface area (Å²) in [5, 5.41) is 18.1. The van der Waals surface area contributed by atoms with E-state index in [1.807, 2.05) is 0 Å². The second-order valence-corrected chi connectivity index (χ2v) is 6.94. The summed E-state index contributed by atoms with van der Waals surface area (Å²) < 4.78 is 20.2. The summed E-state index contributed by atoms with van der Waals surface area (Å²) in [6.45, 7) is 5.06. The number of carbonyl (C=O) groups excluding carboxylic acids is 2. The second kappa shape index (κ2) is 8.90. The Balaban J connectivity index is 2.01. The highest BCUT2D eigenvalue weighted by Gasteiger charge is 2.37. The Morgan fingerprint density at radius 1 is 1.13 bits per heavy atom. The predicted octanol–water partition coefficient (Wildman–Crippen LogP) is 1.78. The van der Waals surface area contributed by atoms with Crippen molar-refractivity contribution in [2.24, 2.45) is 0 Å². The standard InChI is InChI=1S/C21H23N3O7/c1-11-17(20(25)28-4)19(18(12(2)22-11)21(26)29-5)14-7-6-8-15(9-14)30-10-16-13(3)24(27)31-23-16/h6-9,19,22H,10H2,1-5H3. The van der Waals surface area contributed by atoms with E-state index >= 15 is 0 Å². The molecule has 164 valence electrons. The molecule has 0 fully saturated rings. The lowest BCUT2D eigenvalue weighted by Gasteiger charge is -2.30. The van der Waals surface area contributed by atoms with Crippen LogP contribution in [-0.4, -0.2) is 31.3 Å². The van der Waals surface area contributed by atoms with Crippen molar-refractivity contribution in [3.63, 3.8) is 0 Å². The van der Waals surface area contributed by atoms with Gasteiger partial charge in [0.25, 0.3) is 5.69 Å². The van der Waals surface area contributed by atoms with Crippen molar-refractivity contribution < 1.29 is 33.3 Å². The molecule has 10 heteroatoms. The summed E-state index contributed by atoms with van der Waals surface area (Å²) in [6.07, 6.45) is 0. The minimum absolute atomic E-state index is 0.0116. The van der Waals surface area contributed by atoms with Crippen LogP contribution in [0.3, 0.4) is 0 Å². The van der Waals surface area contributed by atoms with Gasteiger partial charge in [-0.1, -0.05) is 12.1 Å². The van der Waals surface area contributed by atoms with Crippen LogP contribution in [0.1, 0.15) is 36.7 Å². The Bertz CT molecular complexity index is 1050. The van der Waals surface area contributed by atoms with Crippen molar-refractivity contribution in [2.45, 2.75) is 33.3 Å². The molecule has 1 aliphatic rings. The summed E-state index contributed by atoms with van der Waals surface area (Å²) in [6, 6.07) is 6.95. The number of esters is 2. The largest absolute Gasteiger partial charge is 0.485 e. The van der Waals surface area contributed by atoms with Crippen molar-refractivity contribution in [1.82, 2.24) is 10.5 Å². The van der Waals surface area contributed by atoms with Gasteiger partial charge in [-0.05, 0) is 36.4 Å². The lowest BCUT2D eigenvalue weighted by atomic mass is 9.80. The zero-order valence-corrected chi connectivity index (χ0v) is 17.8.